The number of amides is 1. The van der Waals surface area contributed by atoms with E-state index in [2.05, 4.69) is 10.8 Å². The zero-order valence-electron chi connectivity index (χ0n) is 16.2. The van der Waals surface area contributed by atoms with Crippen LogP contribution in [0.4, 0.5) is 4.39 Å². The van der Waals surface area contributed by atoms with Gasteiger partial charge in [-0.2, -0.15) is 0 Å². The van der Waals surface area contributed by atoms with Gasteiger partial charge in [0.1, 0.15) is 5.82 Å². The Hall–Kier alpha value is -2.25. The van der Waals surface area contributed by atoms with Crippen LogP contribution in [-0.4, -0.2) is 38.4 Å². The smallest absolute Gasteiger partial charge is 0.240 e. The maximum Gasteiger partial charge on any atom is 0.240 e. The van der Waals surface area contributed by atoms with Gasteiger partial charge in [-0.3, -0.25) is 4.79 Å². The van der Waals surface area contributed by atoms with Crippen molar-refractivity contribution in [1.82, 2.24) is 9.62 Å². The lowest BCUT2D eigenvalue weighted by molar-refractivity contribution is -0.134. The molecule has 0 bridgehead atoms. The average molecular weight is 417 g/mol. The van der Waals surface area contributed by atoms with Crippen LogP contribution in [0.2, 0.25) is 0 Å². The quantitative estimate of drug-likeness (QED) is 0.832. The topological polar surface area (TPSA) is 66.5 Å². The van der Waals surface area contributed by atoms with Gasteiger partial charge in [-0.05, 0) is 61.4 Å². The maximum absolute atomic E-state index is 13.4. The van der Waals surface area contributed by atoms with Crippen LogP contribution < -0.4 is 4.72 Å². The summed E-state index contributed by atoms with van der Waals surface area (Å²) in [5.74, 6) is -0.672. The van der Waals surface area contributed by atoms with Gasteiger partial charge >= 0.3 is 0 Å². The van der Waals surface area contributed by atoms with E-state index in [9.17, 15) is 17.6 Å². The first-order valence-corrected chi connectivity index (χ1v) is 11.6. The van der Waals surface area contributed by atoms with Crippen LogP contribution in [-0.2, 0) is 21.2 Å². The van der Waals surface area contributed by atoms with Crippen molar-refractivity contribution in [2.75, 3.05) is 13.1 Å². The molecule has 2 aromatic carbocycles. The van der Waals surface area contributed by atoms with Crippen molar-refractivity contribution in [2.24, 2.45) is 0 Å². The molecule has 0 radical (unpaired) electrons. The van der Waals surface area contributed by atoms with Crippen molar-refractivity contribution in [3.05, 3.63) is 65.5 Å². The summed E-state index contributed by atoms with van der Waals surface area (Å²) in [6, 6.07) is 12.7. The molecule has 29 heavy (non-hydrogen) atoms. The molecule has 1 amide bonds. The minimum absolute atomic E-state index is 0.0757. The fourth-order valence-corrected chi connectivity index (χ4v) is 5.72. The number of nitrogens with zero attached hydrogens (tertiary/aromatic N) is 1. The monoisotopic (exact) mass is 416 g/mol. The predicted molar refractivity (Wildman–Crippen MR) is 108 cm³/mol. The highest BCUT2D eigenvalue weighted by atomic mass is 32.2. The highest BCUT2D eigenvalue weighted by Crippen LogP contribution is 2.33. The van der Waals surface area contributed by atoms with E-state index in [1.54, 1.807) is 4.90 Å². The lowest BCUT2D eigenvalue weighted by Crippen LogP contribution is -2.50. The number of likely N-dealkylation sites (tertiary alicyclic amines) is 1. The molecule has 1 fully saturated rings. The number of carbonyl (C=O) groups excluding carboxylic acids is 1. The van der Waals surface area contributed by atoms with E-state index in [0.717, 1.165) is 37.3 Å². The molecule has 5 nitrogen and oxygen atoms in total. The third-order valence-electron chi connectivity index (χ3n) is 5.83. The van der Waals surface area contributed by atoms with E-state index in [-0.39, 0.29) is 22.8 Å². The van der Waals surface area contributed by atoms with Gasteiger partial charge < -0.3 is 4.90 Å². The lowest BCUT2D eigenvalue weighted by Gasteiger charge is -2.36. The molecule has 1 N–H and O–H groups in total. The van der Waals surface area contributed by atoms with E-state index in [4.69, 9.17) is 0 Å². The first kappa shape index (κ1) is 20.0. The van der Waals surface area contributed by atoms with Crippen LogP contribution in [0, 0.1) is 5.82 Å². The van der Waals surface area contributed by atoms with Gasteiger partial charge in [-0.1, -0.05) is 30.3 Å². The van der Waals surface area contributed by atoms with Crippen molar-refractivity contribution in [3.63, 3.8) is 0 Å². The summed E-state index contributed by atoms with van der Waals surface area (Å²) in [6.45, 7) is 0.974. The number of hydrogen-bond donors (Lipinski definition) is 1. The van der Waals surface area contributed by atoms with Crippen molar-refractivity contribution in [1.29, 1.82) is 0 Å². The molecule has 0 spiro atoms. The van der Waals surface area contributed by atoms with Crippen LogP contribution >= 0.6 is 0 Å². The molecular formula is C22H25FN2O3S. The Morgan fingerprint density at radius 1 is 1.07 bits per heavy atom. The minimum atomic E-state index is -3.83. The Balaban J connectivity index is 1.47. The molecule has 7 heteroatoms. The third kappa shape index (κ3) is 4.36. The number of benzene rings is 2. The van der Waals surface area contributed by atoms with Crippen LogP contribution in [0.3, 0.4) is 0 Å². The standard InChI is InChI=1S/C22H25FN2O3S/c23-17-8-4-10-19(14-17)29(27,28)24-18-9-5-13-25(15-18)22(26)21-12-3-7-16-6-1-2-11-20(16)21/h1-2,4,6,8,10-11,14,18,21,24H,3,5,7,9,12-13,15H2. The number of nitrogens with one attached hydrogen (secondary N) is 1. The second-order valence-electron chi connectivity index (χ2n) is 7.85. The summed E-state index contributed by atoms with van der Waals surface area (Å²) in [5.41, 5.74) is 2.34. The van der Waals surface area contributed by atoms with E-state index in [1.165, 1.54) is 23.8 Å². The fraction of sp³-hybridized carbons (Fsp3) is 0.409. The second kappa shape index (κ2) is 8.24. The first-order chi connectivity index (χ1) is 13.9. The first-order valence-electron chi connectivity index (χ1n) is 10.1. The fourth-order valence-electron chi connectivity index (χ4n) is 4.43. The van der Waals surface area contributed by atoms with Gasteiger partial charge in [0.15, 0.2) is 0 Å². The normalized spacial score (nSPS) is 22.2. The summed E-state index contributed by atoms with van der Waals surface area (Å²) >= 11 is 0. The predicted octanol–water partition coefficient (Wildman–Crippen LogP) is 3.22. The highest BCUT2D eigenvalue weighted by molar-refractivity contribution is 7.89. The summed E-state index contributed by atoms with van der Waals surface area (Å²) in [5, 5.41) is 0. The molecule has 2 aliphatic rings. The molecule has 4 rings (SSSR count). The van der Waals surface area contributed by atoms with Crippen molar-refractivity contribution in [3.8, 4) is 0 Å². The Kier molecular flexibility index (Phi) is 5.69. The average Bonchev–Trinajstić information content (AvgIpc) is 2.73. The number of rotatable bonds is 4. The number of hydrogen-bond acceptors (Lipinski definition) is 3. The molecule has 2 unspecified atom stereocenters. The number of fused-ring (bicyclic) bond motifs is 1. The van der Waals surface area contributed by atoms with E-state index in [0.29, 0.717) is 19.5 Å². The molecule has 1 aliphatic carbocycles. The number of aryl methyl sites for hydroxylation is 1. The third-order valence-corrected chi connectivity index (χ3v) is 7.35. The highest BCUT2D eigenvalue weighted by Gasteiger charge is 2.33. The lowest BCUT2D eigenvalue weighted by atomic mass is 9.82. The van der Waals surface area contributed by atoms with Crippen LogP contribution in [0.25, 0.3) is 0 Å². The van der Waals surface area contributed by atoms with Gasteiger partial charge in [0.25, 0.3) is 0 Å². The molecule has 2 atom stereocenters. The summed E-state index contributed by atoms with van der Waals surface area (Å²) < 4.78 is 41.3. The zero-order valence-corrected chi connectivity index (χ0v) is 17.0. The number of piperidine rings is 1. The molecular weight excluding hydrogens is 391 g/mol. The van der Waals surface area contributed by atoms with E-state index >= 15 is 0 Å². The van der Waals surface area contributed by atoms with Gasteiger partial charge in [0.2, 0.25) is 15.9 Å². The number of carbonyl (C=O) groups is 1. The molecule has 0 aromatic heterocycles. The van der Waals surface area contributed by atoms with Crippen LogP contribution in [0.15, 0.2) is 53.4 Å². The Morgan fingerprint density at radius 2 is 1.90 bits per heavy atom. The Labute approximate surface area is 171 Å². The van der Waals surface area contributed by atoms with Crippen molar-refractivity contribution >= 4 is 15.9 Å². The summed E-state index contributed by atoms with van der Waals surface area (Å²) in [6.07, 6.45) is 4.19. The largest absolute Gasteiger partial charge is 0.341 e. The Morgan fingerprint density at radius 3 is 2.72 bits per heavy atom. The number of halogens is 1. The molecule has 1 aliphatic heterocycles. The van der Waals surface area contributed by atoms with Crippen LogP contribution in [0.1, 0.15) is 42.7 Å². The molecule has 2 aromatic rings. The summed E-state index contributed by atoms with van der Waals surface area (Å²) in [7, 11) is -3.83. The summed E-state index contributed by atoms with van der Waals surface area (Å²) in [4.78, 5) is 14.9. The second-order valence-corrected chi connectivity index (χ2v) is 9.56. The SMILES string of the molecule is O=C(C1CCCc2ccccc21)N1CCCC(NS(=O)(=O)c2cccc(F)c2)C1. The molecule has 1 heterocycles. The molecule has 154 valence electrons. The van der Waals surface area contributed by atoms with E-state index < -0.39 is 15.8 Å². The van der Waals surface area contributed by atoms with Gasteiger partial charge in [-0.15, -0.1) is 0 Å². The molecule has 0 saturated carbocycles. The molecule has 1 saturated heterocycles. The van der Waals surface area contributed by atoms with Gasteiger partial charge in [0.05, 0.1) is 10.8 Å². The Bertz CT molecular complexity index is 1010. The van der Waals surface area contributed by atoms with Crippen molar-refractivity contribution < 1.29 is 17.6 Å². The minimum Gasteiger partial charge on any atom is -0.341 e. The number of sulfonamides is 1. The van der Waals surface area contributed by atoms with Gasteiger partial charge in [-0.25, -0.2) is 17.5 Å². The van der Waals surface area contributed by atoms with E-state index in [1.807, 2.05) is 18.2 Å². The zero-order chi connectivity index (χ0) is 20.4. The van der Waals surface area contributed by atoms with Crippen LogP contribution in [0.5, 0.6) is 0 Å². The van der Waals surface area contributed by atoms with Crippen molar-refractivity contribution in [2.45, 2.75) is 49.0 Å². The maximum atomic E-state index is 13.4. The van der Waals surface area contributed by atoms with Gasteiger partial charge in [0, 0.05) is 19.1 Å².